The van der Waals surface area contributed by atoms with Gasteiger partial charge in [0.15, 0.2) is 5.82 Å². The minimum absolute atomic E-state index is 0.171. The molecule has 2 aromatic rings. The molecular formula is C25H33FN6O2. The van der Waals surface area contributed by atoms with Crippen molar-refractivity contribution in [1.82, 2.24) is 20.1 Å². The van der Waals surface area contributed by atoms with Crippen LogP contribution in [0.4, 0.5) is 26.4 Å². The highest BCUT2D eigenvalue weighted by molar-refractivity contribution is 6.16. The van der Waals surface area contributed by atoms with Crippen LogP contribution in [0.5, 0.6) is 0 Å². The van der Waals surface area contributed by atoms with Crippen LogP contribution in [0.3, 0.4) is 0 Å². The lowest BCUT2D eigenvalue weighted by Gasteiger charge is -2.38. The van der Waals surface area contributed by atoms with Crippen LogP contribution in [-0.4, -0.2) is 72.0 Å². The molecule has 0 saturated carbocycles. The Labute approximate surface area is 200 Å². The second-order valence-electron chi connectivity index (χ2n) is 8.73. The number of likely N-dealkylation sites (tertiary alicyclic amines) is 1. The quantitative estimate of drug-likeness (QED) is 0.646. The highest BCUT2D eigenvalue weighted by Gasteiger charge is 2.31. The predicted octanol–water partition coefficient (Wildman–Crippen LogP) is 3.83. The van der Waals surface area contributed by atoms with Gasteiger partial charge in [-0.3, -0.25) is 9.69 Å². The average Bonchev–Trinajstić information content (AvgIpc) is 2.96. The van der Waals surface area contributed by atoms with E-state index in [0.29, 0.717) is 18.3 Å². The molecule has 4 rings (SSSR count). The summed E-state index contributed by atoms with van der Waals surface area (Å²) in [4.78, 5) is 36.6. The van der Waals surface area contributed by atoms with Crippen LogP contribution in [0.25, 0.3) is 0 Å². The number of piperidine rings is 1. The largest absolute Gasteiger partial charge is 0.336 e. The number of aromatic nitrogens is 1. The molecule has 9 heteroatoms. The molecule has 1 aromatic heterocycles. The Morgan fingerprint density at radius 1 is 1.26 bits per heavy atom. The molecule has 34 heavy (non-hydrogen) atoms. The lowest BCUT2D eigenvalue weighted by molar-refractivity contribution is 0.102. The number of carbonyl (C=O) groups excluding carboxylic acids is 2. The second kappa shape index (κ2) is 10.9. The van der Waals surface area contributed by atoms with Gasteiger partial charge >= 0.3 is 6.03 Å². The van der Waals surface area contributed by atoms with Crippen molar-refractivity contribution in [3.63, 3.8) is 0 Å². The fourth-order valence-electron chi connectivity index (χ4n) is 4.79. The molecule has 3 amide bonds. The van der Waals surface area contributed by atoms with Crippen LogP contribution >= 0.6 is 0 Å². The van der Waals surface area contributed by atoms with Crippen LogP contribution in [-0.2, 0) is 0 Å². The van der Waals surface area contributed by atoms with E-state index < -0.39 is 17.8 Å². The van der Waals surface area contributed by atoms with Crippen LogP contribution in [0.15, 0.2) is 36.5 Å². The summed E-state index contributed by atoms with van der Waals surface area (Å²) in [5, 5.41) is 5.74. The first-order valence-corrected chi connectivity index (χ1v) is 12.1. The minimum atomic E-state index is -0.531. The van der Waals surface area contributed by atoms with Crippen molar-refractivity contribution in [2.24, 2.45) is 0 Å². The topological polar surface area (TPSA) is 80.8 Å². The van der Waals surface area contributed by atoms with E-state index in [-0.39, 0.29) is 17.1 Å². The van der Waals surface area contributed by atoms with Gasteiger partial charge in [0.1, 0.15) is 5.82 Å². The number of amides is 3. The van der Waals surface area contributed by atoms with E-state index >= 15 is 0 Å². The number of pyridine rings is 1. The van der Waals surface area contributed by atoms with Crippen molar-refractivity contribution in [2.45, 2.75) is 39.2 Å². The zero-order chi connectivity index (χ0) is 24.1. The van der Waals surface area contributed by atoms with Gasteiger partial charge in [-0.15, -0.1) is 0 Å². The summed E-state index contributed by atoms with van der Waals surface area (Å²) in [7, 11) is 0. The van der Waals surface area contributed by atoms with E-state index in [4.69, 9.17) is 0 Å². The van der Waals surface area contributed by atoms with Crippen LogP contribution in [0, 0.1) is 5.82 Å². The molecule has 1 atom stereocenters. The number of nitrogens with zero attached hydrogens (tertiary/aromatic N) is 4. The molecule has 0 aliphatic carbocycles. The van der Waals surface area contributed by atoms with E-state index in [0.717, 1.165) is 45.6 Å². The van der Waals surface area contributed by atoms with Crippen molar-refractivity contribution >= 4 is 29.1 Å². The lowest BCUT2D eigenvalue weighted by Crippen LogP contribution is -2.50. The SMILES string of the molecule is CCN(CC)CC1CCCCN1CCNC(=O)N1c2cc(F)ccc2C(=O)Nc2cccnc21. The van der Waals surface area contributed by atoms with Gasteiger partial charge in [0.05, 0.1) is 16.9 Å². The first-order valence-electron chi connectivity index (χ1n) is 12.1. The number of hydrogen-bond donors (Lipinski definition) is 2. The van der Waals surface area contributed by atoms with E-state index in [1.54, 1.807) is 18.3 Å². The maximum Gasteiger partial charge on any atom is 0.327 e. The number of halogens is 1. The third kappa shape index (κ3) is 5.20. The minimum Gasteiger partial charge on any atom is -0.336 e. The molecule has 8 nitrogen and oxygen atoms in total. The number of hydrogen-bond acceptors (Lipinski definition) is 5. The fourth-order valence-corrected chi connectivity index (χ4v) is 4.79. The maximum atomic E-state index is 14.1. The number of urea groups is 1. The van der Waals surface area contributed by atoms with Gasteiger partial charge in [0.2, 0.25) is 0 Å². The maximum absolute atomic E-state index is 14.1. The van der Waals surface area contributed by atoms with Gasteiger partial charge in [-0.2, -0.15) is 0 Å². The summed E-state index contributed by atoms with van der Waals surface area (Å²) >= 11 is 0. The molecule has 2 aliphatic heterocycles. The van der Waals surface area contributed by atoms with Crippen molar-refractivity contribution in [2.75, 3.05) is 49.5 Å². The van der Waals surface area contributed by atoms with E-state index in [2.05, 4.69) is 39.3 Å². The number of carbonyl (C=O) groups is 2. The highest BCUT2D eigenvalue weighted by Crippen LogP contribution is 2.36. The third-order valence-corrected chi connectivity index (χ3v) is 6.68. The van der Waals surface area contributed by atoms with Crippen molar-refractivity contribution in [1.29, 1.82) is 0 Å². The molecule has 0 bridgehead atoms. The number of likely N-dealkylation sites (N-methyl/N-ethyl adjacent to an activating group) is 1. The Bertz CT molecular complexity index is 1030. The fraction of sp³-hybridized carbons (Fsp3) is 0.480. The summed E-state index contributed by atoms with van der Waals surface area (Å²) in [5.41, 5.74) is 0.782. The molecule has 1 fully saturated rings. The molecule has 0 spiro atoms. The molecule has 1 unspecified atom stereocenters. The number of fused-ring (bicyclic) bond motifs is 2. The van der Waals surface area contributed by atoms with E-state index in [1.807, 2.05) is 0 Å². The van der Waals surface area contributed by atoms with E-state index in [9.17, 15) is 14.0 Å². The summed E-state index contributed by atoms with van der Waals surface area (Å²) in [6.07, 6.45) is 5.09. The van der Waals surface area contributed by atoms with Gasteiger partial charge in [0.25, 0.3) is 5.91 Å². The van der Waals surface area contributed by atoms with Crippen LogP contribution in [0.2, 0.25) is 0 Å². The van der Waals surface area contributed by atoms with Crippen molar-refractivity contribution < 1.29 is 14.0 Å². The second-order valence-corrected chi connectivity index (χ2v) is 8.73. The van der Waals surface area contributed by atoms with Gasteiger partial charge in [-0.05, 0) is 62.8 Å². The van der Waals surface area contributed by atoms with Crippen molar-refractivity contribution in [3.05, 3.63) is 47.9 Å². The molecule has 182 valence electrons. The smallest absolute Gasteiger partial charge is 0.327 e. The van der Waals surface area contributed by atoms with Crippen molar-refractivity contribution in [3.8, 4) is 0 Å². The number of benzene rings is 1. The molecule has 3 heterocycles. The summed E-state index contributed by atoms with van der Waals surface area (Å²) in [6, 6.07) is 7.18. The highest BCUT2D eigenvalue weighted by atomic mass is 19.1. The average molecular weight is 469 g/mol. The molecule has 2 N–H and O–H groups in total. The monoisotopic (exact) mass is 468 g/mol. The number of nitrogens with one attached hydrogen (secondary N) is 2. The number of rotatable bonds is 7. The molecular weight excluding hydrogens is 435 g/mol. The summed E-state index contributed by atoms with van der Waals surface area (Å²) < 4.78 is 14.1. The van der Waals surface area contributed by atoms with Gasteiger partial charge in [0, 0.05) is 31.9 Å². The Morgan fingerprint density at radius 2 is 2.09 bits per heavy atom. The Kier molecular flexibility index (Phi) is 7.74. The van der Waals surface area contributed by atoms with Crippen LogP contribution in [0.1, 0.15) is 43.5 Å². The molecule has 1 aromatic carbocycles. The lowest BCUT2D eigenvalue weighted by atomic mass is 10.0. The normalized spacial score (nSPS) is 18.2. The molecule has 1 saturated heterocycles. The summed E-state index contributed by atoms with van der Waals surface area (Å²) in [5.74, 6) is -0.682. The number of anilines is 3. The van der Waals surface area contributed by atoms with Gasteiger partial charge in [-0.25, -0.2) is 19.1 Å². The molecule has 2 aliphatic rings. The third-order valence-electron chi connectivity index (χ3n) is 6.68. The first kappa shape index (κ1) is 24.1. The van der Waals surface area contributed by atoms with Crippen LogP contribution < -0.4 is 15.5 Å². The zero-order valence-electron chi connectivity index (χ0n) is 19.9. The molecule has 0 radical (unpaired) electrons. The standard InChI is InChI=1S/C25H33FN6O2/c1-3-30(4-2)17-19-8-5-6-14-31(19)15-13-28-25(34)32-22-16-18(26)10-11-20(22)24(33)29-21-9-7-12-27-23(21)32/h7,9-12,16,19H,3-6,8,13-15,17H2,1-2H3,(H,28,34)(H,29,33). The Morgan fingerprint density at radius 3 is 2.88 bits per heavy atom. The first-order chi connectivity index (χ1) is 16.5. The Hall–Kier alpha value is -3.04. The van der Waals surface area contributed by atoms with E-state index in [1.165, 1.54) is 29.5 Å². The Balaban J connectivity index is 1.50. The van der Waals surface area contributed by atoms with Gasteiger partial charge in [-0.1, -0.05) is 20.3 Å². The summed E-state index contributed by atoms with van der Waals surface area (Å²) in [6.45, 7) is 9.65. The zero-order valence-corrected chi connectivity index (χ0v) is 19.9. The predicted molar refractivity (Wildman–Crippen MR) is 131 cm³/mol. The van der Waals surface area contributed by atoms with Gasteiger partial charge < -0.3 is 15.5 Å².